The average molecular weight is 369 g/mol. The van der Waals surface area contributed by atoms with E-state index in [1.807, 2.05) is 34.9 Å². The van der Waals surface area contributed by atoms with Gasteiger partial charge in [-0.2, -0.15) is 0 Å². The predicted octanol–water partition coefficient (Wildman–Crippen LogP) is 2.73. The smallest absolute Gasteiger partial charge is 0.270 e. The van der Waals surface area contributed by atoms with Gasteiger partial charge in [0.05, 0.1) is 12.5 Å². The third-order valence-corrected chi connectivity index (χ3v) is 4.71. The summed E-state index contributed by atoms with van der Waals surface area (Å²) in [4.78, 5) is 16.8. The standard InChI is InChI=1S/C17H20N4O.2ClH/c22-17(20-14-8-12-6-7-13(9-14)19-12)16-10-18-11-21(16)15-4-2-1-3-5-15;;/h1-5,10-14,19H,6-9H2,(H,20,22);2*1H. The number of benzene rings is 1. The summed E-state index contributed by atoms with van der Waals surface area (Å²) < 4.78 is 1.84. The molecule has 0 saturated carbocycles. The van der Waals surface area contributed by atoms with E-state index in [1.54, 1.807) is 12.5 Å². The van der Waals surface area contributed by atoms with E-state index in [9.17, 15) is 4.79 Å². The van der Waals surface area contributed by atoms with Crippen LogP contribution in [-0.4, -0.2) is 33.6 Å². The molecule has 2 unspecified atom stereocenters. The number of imidazole rings is 1. The fraction of sp³-hybridized carbons (Fsp3) is 0.412. The third-order valence-electron chi connectivity index (χ3n) is 4.71. The summed E-state index contributed by atoms with van der Waals surface area (Å²) in [5.41, 5.74) is 1.55. The Labute approximate surface area is 154 Å². The highest BCUT2D eigenvalue weighted by atomic mass is 35.5. The second-order valence-corrected chi connectivity index (χ2v) is 6.26. The fourth-order valence-corrected chi connectivity index (χ4v) is 3.69. The second-order valence-electron chi connectivity index (χ2n) is 6.26. The molecule has 5 nitrogen and oxygen atoms in total. The summed E-state index contributed by atoms with van der Waals surface area (Å²) in [7, 11) is 0. The van der Waals surface area contributed by atoms with Crippen LogP contribution in [-0.2, 0) is 0 Å². The van der Waals surface area contributed by atoms with Gasteiger partial charge in [-0.3, -0.25) is 9.36 Å². The van der Waals surface area contributed by atoms with Gasteiger partial charge in [0.2, 0.25) is 0 Å². The van der Waals surface area contributed by atoms with Crippen molar-refractivity contribution in [1.82, 2.24) is 20.2 Å². The molecule has 1 aromatic heterocycles. The first kappa shape index (κ1) is 18.8. The summed E-state index contributed by atoms with van der Waals surface area (Å²) in [5, 5.41) is 6.79. The molecule has 1 aromatic carbocycles. The number of amides is 1. The lowest BCUT2D eigenvalue weighted by molar-refractivity contribution is 0.0917. The van der Waals surface area contributed by atoms with Gasteiger partial charge < -0.3 is 10.6 Å². The number of piperidine rings is 1. The maximum atomic E-state index is 12.6. The van der Waals surface area contributed by atoms with Crippen LogP contribution in [0.2, 0.25) is 0 Å². The van der Waals surface area contributed by atoms with Gasteiger partial charge in [0, 0.05) is 23.8 Å². The van der Waals surface area contributed by atoms with Crippen molar-refractivity contribution in [2.45, 2.75) is 43.8 Å². The van der Waals surface area contributed by atoms with Crippen LogP contribution in [0.3, 0.4) is 0 Å². The molecule has 0 aliphatic carbocycles. The number of rotatable bonds is 3. The normalized spacial score (nSPS) is 24.6. The Morgan fingerprint density at radius 2 is 1.79 bits per heavy atom. The van der Waals surface area contributed by atoms with Crippen LogP contribution < -0.4 is 10.6 Å². The van der Waals surface area contributed by atoms with Crippen LogP contribution in [0.15, 0.2) is 42.9 Å². The summed E-state index contributed by atoms with van der Waals surface area (Å²) in [5.74, 6) is -0.0346. The van der Waals surface area contributed by atoms with E-state index in [0.29, 0.717) is 17.8 Å². The highest BCUT2D eigenvalue weighted by Gasteiger charge is 2.34. The Kier molecular flexibility index (Phi) is 6.27. The molecule has 7 heteroatoms. The quantitative estimate of drug-likeness (QED) is 0.875. The largest absolute Gasteiger partial charge is 0.348 e. The lowest BCUT2D eigenvalue weighted by Crippen LogP contribution is -2.48. The molecule has 4 rings (SSSR count). The Morgan fingerprint density at radius 3 is 2.46 bits per heavy atom. The van der Waals surface area contributed by atoms with Crippen molar-refractivity contribution in [3.8, 4) is 5.69 Å². The lowest BCUT2D eigenvalue weighted by atomic mass is 10.00. The third kappa shape index (κ3) is 3.74. The molecule has 24 heavy (non-hydrogen) atoms. The number of fused-ring (bicyclic) bond motifs is 2. The average Bonchev–Trinajstić information content (AvgIpc) is 3.15. The zero-order valence-corrected chi connectivity index (χ0v) is 14.9. The first-order valence-corrected chi connectivity index (χ1v) is 7.94. The highest BCUT2D eigenvalue weighted by molar-refractivity contribution is 5.93. The first-order valence-electron chi connectivity index (χ1n) is 7.94. The van der Waals surface area contributed by atoms with E-state index in [4.69, 9.17) is 0 Å². The van der Waals surface area contributed by atoms with Crippen LogP contribution in [0.5, 0.6) is 0 Å². The van der Waals surface area contributed by atoms with E-state index < -0.39 is 0 Å². The fourth-order valence-electron chi connectivity index (χ4n) is 3.69. The monoisotopic (exact) mass is 368 g/mol. The van der Waals surface area contributed by atoms with Crippen molar-refractivity contribution in [2.24, 2.45) is 0 Å². The number of carbonyl (C=O) groups is 1. The van der Waals surface area contributed by atoms with Crippen LogP contribution >= 0.6 is 24.8 Å². The number of hydrogen-bond donors (Lipinski definition) is 2. The van der Waals surface area contributed by atoms with Crippen LogP contribution in [0.4, 0.5) is 0 Å². The molecule has 2 aliphatic heterocycles. The number of aromatic nitrogens is 2. The Hall–Kier alpha value is -1.56. The Bertz CT molecular complexity index is 664. The molecule has 0 radical (unpaired) electrons. The molecule has 2 atom stereocenters. The number of nitrogens with zero attached hydrogens (tertiary/aromatic N) is 2. The van der Waals surface area contributed by atoms with E-state index in [0.717, 1.165) is 18.5 Å². The zero-order valence-electron chi connectivity index (χ0n) is 13.2. The van der Waals surface area contributed by atoms with Crippen molar-refractivity contribution in [3.05, 3.63) is 48.5 Å². The molecular weight excluding hydrogens is 347 g/mol. The van der Waals surface area contributed by atoms with E-state index in [-0.39, 0.29) is 36.8 Å². The molecule has 2 fully saturated rings. The van der Waals surface area contributed by atoms with E-state index in [1.165, 1.54) is 12.8 Å². The lowest BCUT2D eigenvalue weighted by Gasteiger charge is -2.29. The molecular formula is C17H22Cl2N4O. The SMILES string of the molecule is Cl.Cl.O=C(NC1CC2CCC(C1)N2)c1cncn1-c1ccccc1. The summed E-state index contributed by atoms with van der Waals surface area (Å²) >= 11 is 0. The van der Waals surface area contributed by atoms with Gasteiger partial charge in [0.25, 0.3) is 5.91 Å². The minimum atomic E-state index is -0.0346. The molecule has 1 amide bonds. The van der Waals surface area contributed by atoms with Crippen LogP contribution in [0.1, 0.15) is 36.2 Å². The van der Waals surface area contributed by atoms with Gasteiger partial charge in [-0.25, -0.2) is 4.98 Å². The molecule has 3 heterocycles. The summed E-state index contributed by atoms with van der Waals surface area (Å²) in [6.45, 7) is 0. The topological polar surface area (TPSA) is 59.0 Å². The Morgan fingerprint density at radius 1 is 1.12 bits per heavy atom. The number of para-hydroxylation sites is 1. The molecule has 130 valence electrons. The molecule has 2 aromatic rings. The number of halogens is 2. The van der Waals surface area contributed by atoms with Crippen LogP contribution in [0.25, 0.3) is 5.69 Å². The van der Waals surface area contributed by atoms with Crippen molar-refractivity contribution in [1.29, 1.82) is 0 Å². The molecule has 0 spiro atoms. The van der Waals surface area contributed by atoms with E-state index >= 15 is 0 Å². The van der Waals surface area contributed by atoms with Crippen molar-refractivity contribution < 1.29 is 4.79 Å². The number of carbonyl (C=O) groups excluding carboxylic acids is 1. The predicted molar refractivity (Wildman–Crippen MR) is 98.5 cm³/mol. The van der Waals surface area contributed by atoms with Gasteiger partial charge >= 0.3 is 0 Å². The van der Waals surface area contributed by atoms with Gasteiger partial charge in [0.15, 0.2) is 0 Å². The van der Waals surface area contributed by atoms with Gasteiger partial charge in [0.1, 0.15) is 5.69 Å². The molecule has 2 bridgehead atoms. The van der Waals surface area contributed by atoms with Gasteiger partial charge in [-0.05, 0) is 37.8 Å². The van der Waals surface area contributed by atoms with Crippen LogP contribution in [0, 0.1) is 0 Å². The zero-order chi connectivity index (χ0) is 14.9. The maximum Gasteiger partial charge on any atom is 0.270 e. The van der Waals surface area contributed by atoms with Gasteiger partial charge in [-0.1, -0.05) is 18.2 Å². The number of hydrogen-bond acceptors (Lipinski definition) is 3. The van der Waals surface area contributed by atoms with E-state index in [2.05, 4.69) is 15.6 Å². The Balaban J connectivity index is 0.00000104. The second kappa shape index (κ2) is 8.01. The first-order chi connectivity index (χ1) is 10.8. The van der Waals surface area contributed by atoms with Crippen molar-refractivity contribution in [3.63, 3.8) is 0 Å². The van der Waals surface area contributed by atoms with Gasteiger partial charge in [-0.15, -0.1) is 24.8 Å². The molecule has 2 N–H and O–H groups in total. The summed E-state index contributed by atoms with van der Waals surface area (Å²) in [6.07, 6.45) is 7.86. The highest BCUT2D eigenvalue weighted by Crippen LogP contribution is 2.27. The summed E-state index contributed by atoms with van der Waals surface area (Å²) in [6, 6.07) is 11.2. The minimum Gasteiger partial charge on any atom is -0.348 e. The van der Waals surface area contributed by atoms with Crippen molar-refractivity contribution >= 4 is 30.7 Å². The molecule has 2 aliphatic rings. The molecule has 2 saturated heterocycles. The minimum absolute atomic E-state index is 0. The number of nitrogens with one attached hydrogen (secondary N) is 2. The maximum absolute atomic E-state index is 12.6. The van der Waals surface area contributed by atoms with Crippen molar-refractivity contribution in [2.75, 3.05) is 0 Å².